The molecule has 0 rings (SSSR count). The van der Waals surface area contributed by atoms with Gasteiger partial charge in [-0.05, 0) is 12.3 Å². The molecular formula is C11H20N2O3. The SMILES string of the molecule is CCOC(=O)CNC(=O)N/C=C/C(C)(C)C. The second-order valence-electron chi connectivity index (χ2n) is 4.33. The van der Waals surface area contributed by atoms with Gasteiger partial charge in [-0.1, -0.05) is 26.8 Å². The first-order valence-electron chi connectivity index (χ1n) is 5.23. The van der Waals surface area contributed by atoms with Gasteiger partial charge in [-0.3, -0.25) is 4.79 Å². The Morgan fingerprint density at radius 1 is 1.31 bits per heavy atom. The summed E-state index contributed by atoms with van der Waals surface area (Å²) >= 11 is 0. The summed E-state index contributed by atoms with van der Waals surface area (Å²) in [5.74, 6) is -0.447. The highest BCUT2D eigenvalue weighted by molar-refractivity contribution is 5.81. The fourth-order valence-electron chi connectivity index (χ4n) is 0.783. The molecule has 0 bridgehead atoms. The minimum absolute atomic E-state index is 0.00835. The summed E-state index contributed by atoms with van der Waals surface area (Å²) in [6.45, 7) is 7.95. The van der Waals surface area contributed by atoms with Crippen LogP contribution in [0.5, 0.6) is 0 Å². The molecule has 2 amide bonds. The van der Waals surface area contributed by atoms with Crippen LogP contribution < -0.4 is 10.6 Å². The average molecular weight is 228 g/mol. The summed E-state index contributed by atoms with van der Waals surface area (Å²) in [5, 5.41) is 4.88. The number of urea groups is 1. The van der Waals surface area contributed by atoms with Gasteiger partial charge < -0.3 is 15.4 Å². The predicted molar refractivity (Wildman–Crippen MR) is 61.8 cm³/mol. The van der Waals surface area contributed by atoms with Crippen molar-refractivity contribution in [1.29, 1.82) is 0 Å². The summed E-state index contributed by atoms with van der Waals surface area (Å²) in [5.41, 5.74) is 0.00835. The molecule has 0 aromatic rings. The first-order chi connectivity index (χ1) is 7.35. The van der Waals surface area contributed by atoms with E-state index in [2.05, 4.69) is 15.4 Å². The number of nitrogens with one attached hydrogen (secondary N) is 2. The van der Waals surface area contributed by atoms with Gasteiger partial charge in [0.25, 0.3) is 0 Å². The monoisotopic (exact) mass is 228 g/mol. The molecule has 0 unspecified atom stereocenters. The van der Waals surface area contributed by atoms with E-state index >= 15 is 0 Å². The maximum atomic E-state index is 11.2. The molecule has 0 saturated carbocycles. The number of carbonyl (C=O) groups excluding carboxylic acids is 2. The van der Waals surface area contributed by atoms with Crippen molar-refractivity contribution >= 4 is 12.0 Å². The van der Waals surface area contributed by atoms with Crippen LogP contribution in [0.3, 0.4) is 0 Å². The molecule has 16 heavy (non-hydrogen) atoms. The molecule has 5 heteroatoms. The van der Waals surface area contributed by atoms with Crippen molar-refractivity contribution in [2.75, 3.05) is 13.2 Å². The summed E-state index contributed by atoms with van der Waals surface area (Å²) in [6.07, 6.45) is 3.41. The average Bonchev–Trinajstić information content (AvgIpc) is 2.13. The Balaban J connectivity index is 3.76. The molecule has 5 nitrogen and oxygen atoms in total. The third kappa shape index (κ3) is 9.05. The Morgan fingerprint density at radius 2 is 1.94 bits per heavy atom. The molecule has 0 aromatic carbocycles. The smallest absolute Gasteiger partial charge is 0.325 e. The van der Waals surface area contributed by atoms with Crippen LogP contribution >= 0.6 is 0 Å². The Kier molecular flexibility index (Phi) is 6.22. The summed E-state index contributed by atoms with van der Waals surface area (Å²) in [4.78, 5) is 22.1. The van der Waals surface area contributed by atoms with Crippen molar-refractivity contribution in [1.82, 2.24) is 10.6 Å². The van der Waals surface area contributed by atoms with Gasteiger partial charge in [0.05, 0.1) is 6.61 Å². The molecule has 0 fully saturated rings. The van der Waals surface area contributed by atoms with E-state index in [0.29, 0.717) is 6.61 Å². The van der Waals surface area contributed by atoms with Crippen LogP contribution in [-0.4, -0.2) is 25.2 Å². The van der Waals surface area contributed by atoms with Gasteiger partial charge >= 0.3 is 12.0 Å². The van der Waals surface area contributed by atoms with Gasteiger partial charge in [-0.25, -0.2) is 4.79 Å². The zero-order valence-corrected chi connectivity index (χ0v) is 10.3. The van der Waals surface area contributed by atoms with Gasteiger partial charge in [0, 0.05) is 6.20 Å². The highest BCUT2D eigenvalue weighted by atomic mass is 16.5. The summed E-state index contributed by atoms with van der Waals surface area (Å²) in [6, 6.07) is -0.423. The quantitative estimate of drug-likeness (QED) is 0.715. The summed E-state index contributed by atoms with van der Waals surface area (Å²) < 4.78 is 4.65. The molecule has 0 aliphatic heterocycles. The highest BCUT2D eigenvalue weighted by Crippen LogP contribution is 2.13. The fraction of sp³-hybridized carbons (Fsp3) is 0.636. The van der Waals surface area contributed by atoms with Crippen LogP contribution in [0.25, 0.3) is 0 Å². The first-order valence-corrected chi connectivity index (χ1v) is 5.23. The van der Waals surface area contributed by atoms with Crippen LogP contribution in [0.15, 0.2) is 12.3 Å². The molecular weight excluding hydrogens is 208 g/mol. The Morgan fingerprint density at radius 3 is 2.44 bits per heavy atom. The molecule has 0 aliphatic carbocycles. The van der Waals surface area contributed by atoms with E-state index in [1.807, 2.05) is 26.8 Å². The zero-order chi connectivity index (χ0) is 12.6. The van der Waals surface area contributed by atoms with Gasteiger partial charge in [0.1, 0.15) is 6.54 Å². The number of amides is 2. The van der Waals surface area contributed by atoms with Gasteiger partial charge in [-0.15, -0.1) is 0 Å². The Labute approximate surface area is 96.2 Å². The van der Waals surface area contributed by atoms with Crippen molar-refractivity contribution in [2.45, 2.75) is 27.7 Å². The standard InChI is InChI=1S/C11H20N2O3/c1-5-16-9(14)8-13-10(15)12-7-6-11(2,3)4/h6-7H,5,8H2,1-4H3,(H2,12,13,15)/b7-6+. The van der Waals surface area contributed by atoms with E-state index in [0.717, 1.165) is 0 Å². The first kappa shape index (κ1) is 14.5. The predicted octanol–water partition coefficient (Wildman–Crippen LogP) is 1.41. The highest BCUT2D eigenvalue weighted by Gasteiger charge is 2.05. The lowest BCUT2D eigenvalue weighted by molar-refractivity contribution is -0.141. The van der Waals surface area contributed by atoms with Crippen LogP contribution in [-0.2, 0) is 9.53 Å². The number of rotatable bonds is 4. The lowest BCUT2D eigenvalue weighted by Gasteiger charge is -2.11. The molecule has 0 atom stereocenters. The molecule has 0 heterocycles. The summed E-state index contributed by atoms with van der Waals surface area (Å²) in [7, 11) is 0. The van der Waals surface area contributed by atoms with E-state index in [1.165, 1.54) is 0 Å². The maximum Gasteiger partial charge on any atom is 0.325 e. The van der Waals surface area contributed by atoms with Crippen LogP contribution in [0.2, 0.25) is 0 Å². The van der Waals surface area contributed by atoms with E-state index < -0.39 is 12.0 Å². The van der Waals surface area contributed by atoms with Gasteiger partial charge in [-0.2, -0.15) is 0 Å². The number of esters is 1. The number of ether oxygens (including phenoxy) is 1. The van der Waals surface area contributed by atoms with Crippen LogP contribution in [0.1, 0.15) is 27.7 Å². The molecule has 2 N–H and O–H groups in total. The largest absolute Gasteiger partial charge is 0.465 e. The Hall–Kier alpha value is -1.52. The molecule has 0 radical (unpaired) electrons. The number of allylic oxidation sites excluding steroid dienone is 1. The van der Waals surface area contributed by atoms with E-state index in [9.17, 15) is 9.59 Å². The number of carbonyl (C=O) groups is 2. The maximum absolute atomic E-state index is 11.2. The van der Waals surface area contributed by atoms with Crippen molar-refractivity contribution in [3.05, 3.63) is 12.3 Å². The second-order valence-corrected chi connectivity index (χ2v) is 4.33. The normalized spacial score (nSPS) is 11.2. The van der Waals surface area contributed by atoms with Crippen LogP contribution in [0, 0.1) is 5.41 Å². The molecule has 0 aliphatic rings. The minimum Gasteiger partial charge on any atom is -0.465 e. The van der Waals surface area contributed by atoms with Crippen molar-refractivity contribution in [2.24, 2.45) is 5.41 Å². The van der Waals surface area contributed by atoms with Crippen molar-refractivity contribution < 1.29 is 14.3 Å². The Bertz CT molecular complexity index is 267. The number of hydrogen-bond donors (Lipinski definition) is 2. The molecule has 92 valence electrons. The molecule has 0 aromatic heterocycles. The van der Waals surface area contributed by atoms with Crippen LogP contribution in [0.4, 0.5) is 4.79 Å². The fourth-order valence-corrected chi connectivity index (χ4v) is 0.783. The topological polar surface area (TPSA) is 67.4 Å². The second kappa shape index (κ2) is 6.87. The van der Waals surface area contributed by atoms with E-state index in [4.69, 9.17) is 0 Å². The lowest BCUT2D eigenvalue weighted by atomic mass is 9.97. The molecule has 0 spiro atoms. The third-order valence-electron chi connectivity index (χ3n) is 1.50. The van der Waals surface area contributed by atoms with Crippen molar-refractivity contribution in [3.8, 4) is 0 Å². The van der Waals surface area contributed by atoms with Gasteiger partial charge in [0.2, 0.25) is 0 Å². The zero-order valence-electron chi connectivity index (χ0n) is 10.3. The van der Waals surface area contributed by atoms with E-state index in [-0.39, 0.29) is 12.0 Å². The van der Waals surface area contributed by atoms with E-state index in [1.54, 1.807) is 13.1 Å². The third-order valence-corrected chi connectivity index (χ3v) is 1.50. The lowest BCUT2D eigenvalue weighted by Crippen LogP contribution is -2.36. The number of hydrogen-bond acceptors (Lipinski definition) is 3. The van der Waals surface area contributed by atoms with Crippen molar-refractivity contribution in [3.63, 3.8) is 0 Å². The minimum atomic E-state index is -0.447. The molecule has 0 saturated heterocycles. The van der Waals surface area contributed by atoms with Gasteiger partial charge in [0.15, 0.2) is 0 Å².